The van der Waals surface area contributed by atoms with Crippen molar-refractivity contribution in [3.05, 3.63) is 0 Å². The molecule has 0 aliphatic heterocycles. The van der Waals surface area contributed by atoms with E-state index in [9.17, 15) is 18.9 Å². The SMILES string of the molecule is Cl.O=C(O)CC(CC(=O)O)(OP(=O)(O)O)C(=O)O.[H-].[H-].[K+].[Na+]. The van der Waals surface area contributed by atoms with E-state index in [0.717, 1.165) is 0 Å². The molecule has 0 rings (SSSR count). The molecule has 0 atom stereocenters. The molecular weight excluding hydrogens is 361 g/mol. The summed E-state index contributed by atoms with van der Waals surface area (Å²) in [6.45, 7) is 0. The molecule has 0 aromatic carbocycles. The fraction of sp³-hybridized carbons (Fsp3) is 0.500. The van der Waals surface area contributed by atoms with Crippen molar-refractivity contribution in [1.29, 1.82) is 0 Å². The standard InChI is InChI=1S/C6H9O10P.ClH.K.Na.2H/c7-3(8)1-6(5(11)12,2-4(9)10)16-17(13,14)15;;;;;/h1-2H2,(H,7,8)(H,9,10)(H,11,12)(H2,13,14,15);1H;;;;/q;;2*+1;2*-1. The van der Waals surface area contributed by atoms with E-state index in [1.807, 2.05) is 0 Å². The van der Waals surface area contributed by atoms with E-state index in [0.29, 0.717) is 0 Å². The molecule has 0 fully saturated rings. The van der Waals surface area contributed by atoms with Crippen LogP contribution in [0.25, 0.3) is 0 Å². The van der Waals surface area contributed by atoms with E-state index in [1.165, 1.54) is 0 Å². The summed E-state index contributed by atoms with van der Waals surface area (Å²) in [5.74, 6) is -5.64. The quantitative estimate of drug-likeness (QED) is 0.213. The molecule has 0 unspecified atom stereocenters. The topological polar surface area (TPSA) is 179 Å². The van der Waals surface area contributed by atoms with Gasteiger partial charge >= 0.3 is 107 Å². The number of phosphoric ester groups is 1. The molecule has 0 aliphatic carbocycles. The molecule has 5 N–H and O–H groups in total. The zero-order valence-electron chi connectivity index (χ0n) is 12.5. The smallest absolute Gasteiger partial charge is 1.00 e. The normalized spacial score (nSPS) is 10.3. The van der Waals surface area contributed by atoms with Crippen LogP contribution in [0.1, 0.15) is 15.7 Å². The molecule has 14 heteroatoms. The third-order valence-electron chi connectivity index (χ3n) is 1.56. The maximum atomic E-state index is 10.8. The van der Waals surface area contributed by atoms with E-state index < -0.39 is 44.2 Å². The molecule has 0 saturated carbocycles. The van der Waals surface area contributed by atoms with Crippen LogP contribution in [0.15, 0.2) is 0 Å². The summed E-state index contributed by atoms with van der Waals surface area (Å²) in [6.07, 6.45) is -2.81. The number of halogens is 1. The van der Waals surface area contributed by atoms with Gasteiger partial charge in [0, 0.05) is 0 Å². The Bertz CT molecular complexity index is 391. The van der Waals surface area contributed by atoms with E-state index in [1.54, 1.807) is 0 Å². The van der Waals surface area contributed by atoms with Crippen LogP contribution in [0, 0.1) is 0 Å². The Morgan fingerprint density at radius 1 is 1.05 bits per heavy atom. The Hall–Kier alpha value is 1.45. The summed E-state index contributed by atoms with van der Waals surface area (Å²) in [4.78, 5) is 48.5. The van der Waals surface area contributed by atoms with Gasteiger partial charge in [0.15, 0.2) is 5.60 Å². The van der Waals surface area contributed by atoms with Crippen LogP contribution in [0.4, 0.5) is 0 Å². The Morgan fingerprint density at radius 3 is 1.50 bits per heavy atom. The fourth-order valence-electron chi connectivity index (χ4n) is 1.03. The number of carboxylic acids is 3. The van der Waals surface area contributed by atoms with E-state index in [4.69, 9.17) is 25.1 Å². The number of phosphoric acid groups is 1. The van der Waals surface area contributed by atoms with Crippen LogP contribution in [0.5, 0.6) is 0 Å². The average molecular weight is 373 g/mol. The molecule has 0 radical (unpaired) electrons. The van der Waals surface area contributed by atoms with Gasteiger partial charge in [-0.05, 0) is 0 Å². The number of carbonyl (C=O) groups is 3. The zero-order chi connectivity index (χ0) is 13.9. The molecule has 0 aliphatic rings. The van der Waals surface area contributed by atoms with Crippen molar-refractivity contribution < 1.29 is 132 Å². The number of hydrogen-bond acceptors (Lipinski definition) is 5. The molecule has 0 bridgehead atoms. The van der Waals surface area contributed by atoms with Crippen LogP contribution in [0.3, 0.4) is 0 Å². The second-order valence-electron chi connectivity index (χ2n) is 3.02. The summed E-state index contributed by atoms with van der Waals surface area (Å²) in [5.41, 5.74) is -3.02. The second-order valence-corrected chi connectivity index (χ2v) is 4.19. The van der Waals surface area contributed by atoms with Crippen molar-refractivity contribution in [3.63, 3.8) is 0 Å². The van der Waals surface area contributed by atoms with Gasteiger partial charge in [0.1, 0.15) is 0 Å². The van der Waals surface area contributed by atoms with Crippen LogP contribution in [-0.2, 0) is 23.5 Å². The molecule has 20 heavy (non-hydrogen) atoms. The molecule has 0 amide bonds. The van der Waals surface area contributed by atoms with Gasteiger partial charge in [-0.2, -0.15) is 0 Å². The van der Waals surface area contributed by atoms with Crippen molar-refractivity contribution in [2.24, 2.45) is 0 Å². The molecule has 0 spiro atoms. The third-order valence-corrected chi connectivity index (χ3v) is 2.14. The van der Waals surface area contributed by atoms with Gasteiger partial charge in [-0.15, -0.1) is 12.4 Å². The van der Waals surface area contributed by atoms with Gasteiger partial charge in [-0.3, -0.25) is 14.1 Å². The molecule has 0 heterocycles. The molecular formula is C6H12ClKNaO10P. The minimum Gasteiger partial charge on any atom is -1.00 e. The predicted molar refractivity (Wildman–Crippen MR) is 57.5 cm³/mol. The maximum absolute atomic E-state index is 10.8. The maximum Gasteiger partial charge on any atom is 1.00 e. The summed E-state index contributed by atoms with van der Waals surface area (Å²) in [5, 5.41) is 25.5. The summed E-state index contributed by atoms with van der Waals surface area (Å²) < 4.78 is 14.4. The van der Waals surface area contributed by atoms with E-state index >= 15 is 0 Å². The number of hydrogen-bond donors (Lipinski definition) is 5. The third kappa shape index (κ3) is 12.0. The van der Waals surface area contributed by atoms with Crippen LogP contribution >= 0.6 is 20.2 Å². The Labute approximate surface area is 186 Å². The van der Waals surface area contributed by atoms with Gasteiger partial charge in [0.2, 0.25) is 0 Å². The molecule has 110 valence electrons. The predicted octanol–water partition coefficient (Wildman–Crippen LogP) is -6.48. The van der Waals surface area contributed by atoms with Crippen molar-refractivity contribution in [2.75, 3.05) is 0 Å². The summed E-state index contributed by atoms with van der Waals surface area (Å²) >= 11 is 0. The second kappa shape index (κ2) is 11.9. The minimum absolute atomic E-state index is 0. The molecule has 0 saturated heterocycles. The molecule has 10 nitrogen and oxygen atoms in total. The van der Waals surface area contributed by atoms with E-state index in [-0.39, 0.29) is 96.2 Å². The van der Waals surface area contributed by atoms with E-state index in [2.05, 4.69) is 4.52 Å². The summed E-state index contributed by atoms with van der Waals surface area (Å²) in [7, 11) is -5.36. The largest absolute Gasteiger partial charge is 1.00 e. The van der Waals surface area contributed by atoms with Gasteiger partial charge in [0.25, 0.3) is 0 Å². The van der Waals surface area contributed by atoms with Crippen molar-refractivity contribution in [3.8, 4) is 0 Å². The van der Waals surface area contributed by atoms with Crippen molar-refractivity contribution in [1.82, 2.24) is 0 Å². The Morgan fingerprint density at radius 2 is 1.35 bits per heavy atom. The zero-order valence-corrected chi connectivity index (χ0v) is 17.4. The number of carboxylic acid groups (broad SMARTS) is 3. The first-order valence-corrected chi connectivity index (χ1v) is 5.45. The van der Waals surface area contributed by atoms with Crippen molar-refractivity contribution in [2.45, 2.75) is 18.4 Å². The Kier molecular flexibility index (Phi) is 17.6. The molecule has 0 aromatic rings. The first-order valence-electron chi connectivity index (χ1n) is 3.92. The number of aliphatic carboxylic acids is 3. The van der Waals surface area contributed by atoms with Crippen LogP contribution < -0.4 is 80.9 Å². The summed E-state index contributed by atoms with van der Waals surface area (Å²) in [6, 6.07) is 0. The Balaban J connectivity index is -0.000000128. The van der Waals surface area contributed by atoms with Gasteiger partial charge < -0.3 is 28.0 Å². The van der Waals surface area contributed by atoms with Gasteiger partial charge in [0.05, 0.1) is 12.8 Å². The number of rotatable bonds is 7. The first-order chi connectivity index (χ1) is 7.48. The average Bonchev–Trinajstić information content (AvgIpc) is 1.96. The first kappa shape index (κ1) is 29.5. The minimum atomic E-state index is -5.36. The van der Waals surface area contributed by atoms with Crippen molar-refractivity contribution >= 4 is 38.1 Å². The van der Waals surface area contributed by atoms with Gasteiger partial charge in [-0.1, -0.05) is 0 Å². The molecule has 0 aromatic heterocycles. The fourth-order valence-corrected chi connectivity index (χ4v) is 1.70. The van der Waals surface area contributed by atoms with Crippen LogP contribution in [-0.4, -0.2) is 48.6 Å². The van der Waals surface area contributed by atoms with Gasteiger partial charge in [-0.25, -0.2) is 9.36 Å². The monoisotopic (exact) mass is 372 g/mol. The van der Waals surface area contributed by atoms with Crippen LogP contribution in [0.2, 0.25) is 0 Å².